The number of piperidine rings is 1. The molecular weight excluding hydrogens is 202 g/mol. The third-order valence-corrected chi connectivity index (χ3v) is 3.46. The van der Waals surface area contributed by atoms with Crippen LogP contribution in [0.25, 0.3) is 0 Å². The van der Waals surface area contributed by atoms with E-state index in [1.54, 1.807) is 0 Å². The van der Waals surface area contributed by atoms with Gasteiger partial charge in [-0.05, 0) is 31.4 Å². The highest BCUT2D eigenvalue weighted by atomic mass is 32.2. The Balaban J connectivity index is 2.13. The number of thioether (sulfide) groups is 1. The summed E-state index contributed by atoms with van der Waals surface area (Å²) < 4.78 is 0. The van der Waals surface area contributed by atoms with Crippen molar-refractivity contribution >= 4 is 29.6 Å². The summed E-state index contributed by atoms with van der Waals surface area (Å²) in [6.45, 7) is 1.93. The van der Waals surface area contributed by atoms with Crippen molar-refractivity contribution in [1.29, 1.82) is 0 Å². The summed E-state index contributed by atoms with van der Waals surface area (Å²) in [6.07, 6.45) is 4.66. The van der Waals surface area contributed by atoms with Gasteiger partial charge < -0.3 is 4.90 Å². The van der Waals surface area contributed by atoms with Crippen LogP contribution in [-0.4, -0.2) is 34.7 Å². The van der Waals surface area contributed by atoms with E-state index in [4.69, 9.17) is 0 Å². The van der Waals surface area contributed by atoms with Gasteiger partial charge in [0.2, 0.25) is 0 Å². The molecule has 13 heavy (non-hydrogen) atoms. The van der Waals surface area contributed by atoms with E-state index in [1.807, 2.05) is 4.90 Å². The fourth-order valence-electron chi connectivity index (χ4n) is 1.39. The molecule has 0 saturated carbocycles. The SMILES string of the molecule is O=C(SCCCS)N1CCCCC1. The van der Waals surface area contributed by atoms with Crippen molar-refractivity contribution in [2.24, 2.45) is 0 Å². The molecule has 0 bridgehead atoms. The van der Waals surface area contributed by atoms with Gasteiger partial charge in [-0.1, -0.05) is 11.8 Å². The molecular formula is C9H17NOS2. The largest absolute Gasteiger partial charge is 0.334 e. The zero-order valence-corrected chi connectivity index (χ0v) is 9.58. The molecule has 0 aromatic heterocycles. The van der Waals surface area contributed by atoms with Crippen LogP contribution in [0.3, 0.4) is 0 Å². The number of carbonyl (C=O) groups is 1. The van der Waals surface area contributed by atoms with Gasteiger partial charge in [-0.2, -0.15) is 12.6 Å². The number of thiol groups is 1. The summed E-state index contributed by atoms with van der Waals surface area (Å²) in [4.78, 5) is 13.5. The lowest BCUT2D eigenvalue weighted by atomic mass is 10.1. The van der Waals surface area contributed by atoms with Gasteiger partial charge in [-0.3, -0.25) is 4.79 Å². The Morgan fingerprint density at radius 3 is 2.62 bits per heavy atom. The second kappa shape index (κ2) is 6.60. The molecule has 0 atom stereocenters. The highest BCUT2D eigenvalue weighted by Gasteiger charge is 2.15. The molecule has 1 aliphatic heterocycles. The van der Waals surface area contributed by atoms with E-state index in [0.717, 1.165) is 31.0 Å². The standard InChI is InChI=1S/C9H17NOS2/c11-9(13-8-4-7-12)10-5-2-1-3-6-10/h12H,1-8H2. The highest BCUT2D eigenvalue weighted by molar-refractivity contribution is 8.13. The van der Waals surface area contributed by atoms with Crippen molar-refractivity contribution in [3.63, 3.8) is 0 Å². The molecule has 1 aliphatic rings. The fraction of sp³-hybridized carbons (Fsp3) is 0.889. The van der Waals surface area contributed by atoms with E-state index < -0.39 is 0 Å². The molecule has 0 spiro atoms. The van der Waals surface area contributed by atoms with E-state index in [-0.39, 0.29) is 5.24 Å². The predicted octanol–water partition coefficient (Wildman–Crippen LogP) is 2.65. The first-order valence-electron chi connectivity index (χ1n) is 4.87. The number of rotatable bonds is 3. The molecule has 1 fully saturated rings. The first-order chi connectivity index (χ1) is 6.34. The van der Waals surface area contributed by atoms with Crippen LogP contribution in [0.1, 0.15) is 25.7 Å². The molecule has 1 amide bonds. The summed E-state index contributed by atoms with van der Waals surface area (Å²) in [6, 6.07) is 0. The Bertz CT molecular complexity index is 158. The van der Waals surface area contributed by atoms with Crippen LogP contribution in [0.2, 0.25) is 0 Å². The second-order valence-corrected chi connectivity index (χ2v) is 4.73. The Morgan fingerprint density at radius 2 is 2.00 bits per heavy atom. The van der Waals surface area contributed by atoms with E-state index in [1.165, 1.54) is 31.0 Å². The van der Waals surface area contributed by atoms with Crippen LogP contribution in [-0.2, 0) is 0 Å². The lowest BCUT2D eigenvalue weighted by molar-refractivity contribution is 0.211. The zero-order valence-electron chi connectivity index (χ0n) is 7.87. The molecule has 1 saturated heterocycles. The van der Waals surface area contributed by atoms with Gasteiger partial charge >= 0.3 is 0 Å². The van der Waals surface area contributed by atoms with Crippen molar-refractivity contribution in [2.75, 3.05) is 24.6 Å². The van der Waals surface area contributed by atoms with Crippen molar-refractivity contribution in [1.82, 2.24) is 4.90 Å². The van der Waals surface area contributed by atoms with E-state index >= 15 is 0 Å². The maximum absolute atomic E-state index is 11.5. The Morgan fingerprint density at radius 1 is 1.31 bits per heavy atom. The predicted molar refractivity (Wildman–Crippen MR) is 61.7 cm³/mol. The van der Waals surface area contributed by atoms with Gasteiger partial charge in [0.25, 0.3) is 5.24 Å². The maximum Gasteiger partial charge on any atom is 0.281 e. The van der Waals surface area contributed by atoms with Crippen LogP contribution in [0, 0.1) is 0 Å². The Hall–Kier alpha value is 0.170. The number of carbonyl (C=O) groups excluding carboxylic acids is 1. The van der Waals surface area contributed by atoms with E-state index in [2.05, 4.69) is 12.6 Å². The van der Waals surface area contributed by atoms with E-state index in [9.17, 15) is 4.79 Å². The van der Waals surface area contributed by atoms with Gasteiger partial charge in [-0.25, -0.2) is 0 Å². The average Bonchev–Trinajstić information content (AvgIpc) is 2.19. The van der Waals surface area contributed by atoms with Crippen molar-refractivity contribution < 1.29 is 4.79 Å². The van der Waals surface area contributed by atoms with Crippen LogP contribution in [0.4, 0.5) is 4.79 Å². The quantitative estimate of drug-likeness (QED) is 0.582. The number of hydrogen-bond donors (Lipinski definition) is 1. The monoisotopic (exact) mass is 219 g/mol. The van der Waals surface area contributed by atoms with Crippen molar-refractivity contribution in [3.8, 4) is 0 Å². The minimum atomic E-state index is 0.265. The lowest BCUT2D eigenvalue weighted by Crippen LogP contribution is -2.33. The number of likely N-dealkylation sites (tertiary alicyclic amines) is 1. The Kier molecular flexibility index (Phi) is 5.71. The summed E-state index contributed by atoms with van der Waals surface area (Å²) in [5.74, 6) is 1.79. The third-order valence-electron chi connectivity index (χ3n) is 2.14. The second-order valence-electron chi connectivity index (χ2n) is 3.24. The molecule has 1 rings (SSSR count). The maximum atomic E-state index is 11.5. The molecule has 1 heterocycles. The fourth-order valence-corrected chi connectivity index (χ4v) is 2.59. The molecule has 0 aliphatic carbocycles. The average molecular weight is 219 g/mol. The third kappa shape index (κ3) is 4.27. The first kappa shape index (κ1) is 11.2. The zero-order chi connectivity index (χ0) is 9.52. The topological polar surface area (TPSA) is 20.3 Å². The minimum absolute atomic E-state index is 0.265. The van der Waals surface area contributed by atoms with Crippen LogP contribution < -0.4 is 0 Å². The van der Waals surface area contributed by atoms with Gasteiger partial charge in [0.15, 0.2) is 0 Å². The summed E-state index contributed by atoms with van der Waals surface area (Å²) in [7, 11) is 0. The van der Waals surface area contributed by atoms with Crippen LogP contribution in [0.15, 0.2) is 0 Å². The van der Waals surface area contributed by atoms with E-state index in [0.29, 0.717) is 0 Å². The van der Waals surface area contributed by atoms with Gasteiger partial charge in [0.1, 0.15) is 0 Å². The van der Waals surface area contributed by atoms with Gasteiger partial charge in [0.05, 0.1) is 0 Å². The van der Waals surface area contributed by atoms with Gasteiger partial charge in [-0.15, -0.1) is 0 Å². The summed E-state index contributed by atoms with van der Waals surface area (Å²) in [5.41, 5.74) is 0. The highest BCUT2D eigenvalue weighted by Crippen LogP contribution is 2.16. The number of nitrogens with zero attached hydrogens (tertiary/aromatic N) is 1. The Labute approximate surface area is 89.9 Å². The molecule has 0 unspecified atom stereocenters. The van der Waals surface area contributed by atoms with Gasteiger partial charge in [0, 0.05) is 18.8 Å². The van der Waals surface area contributed by atoms with Crippen LogP contribution in [0.5, 0.6) is 0 Å². The molecule has 2 nitrogen and oxygen atoms in total. The van der Waals surface area contributed by atoms with Crippen molar-refractivity contribution in [3.05, 3.63) is 0 Å². The molecule has 0 aromatic carbocycles. The number of amides is 1. The molecule has 4 heteroatoms. The summed E-state index contributed by atoms with van der Waals surface area (Å²) in [5, 5.41) is 0.265. The molecule has 0 N–H and O–H groups in total. The normalized spacial score (nSPS) is 17.5. The minimum Gasteiger partial charge on any atom is -0.334 e. The molecule has 76 valence electrons. The smallest absolute Gasteiger partial charge is 0.281 e. The lowest BCUT2D eigenvalue weighted by Gasteiger charge is -2.25. The molecule has 0 aromatic rings. The summed E-state index contributed by atoms with van der Waals surface area (Å²) >= 11 is 5.56. The van der Waals surface area contributed by atoms with Crippen molar-refractivity contribution in [2.45, 2.75) is 25.7 Å². The first-order valence-corrected chi connectivity index (χ1v) is 6.49. The number of hydrogen-bond acceptors (Lipinski definition) is 3. The van der Waals surface area contributed by atoms with Crippen LogP contribution >= 0.6 is 24.4 Å². The molecule has 0 radical (unpaired) electrons.